The Bertz CT molecular complexity index is 650. The summed E-state index contributed by atoms with van der Waals surface area (Å²) in [5, 5.41) is 2.82. The number of amides is 2. The van der Waals surface area contributed by atoms with Gasteiger partial charge in [0.2, 0.25) is 0 Å². The molecule has 1 N–H and O–H groups in total. The van der Waals surface area contributed by atoms with Gasteiger partial charge in [-0.3, -0.25) is 9.59 Å². The Morgan fingerprint density at radius 3 is 2.33 bits per heavy atom. The van der Waals surface area contributed by atoms with Crippen molar-refractivity contribution in [3.8, 4) is 0 Å². The quantitative estimate of drug-likeness (QED) is 0.940. The van der Waals surface area contributed by atoms with Gasteiger partial charge in [-0.1, -0.05) is 23.7 Å². The minimum Gasteiger partial charge on any atom is -0.347 e. The number of nitrogens with zero attached hydrogens (tertiary/aromatic N) is 1. The molecule has 0 aliphatic rings. The minimum absolute atomic E-state index is 0.0428. The summed E-state index contributed by atoms with van der Waals surface area (Å²) in [4.78, 5) is 25.7. The standard InChI is InChI=1S/C15H15ClN2O2S/c1-18(2)15(20)11-5-3-10(4-6-11)9-17-14(19)12-7-8-13(16)21-12/h3-8H,9H2,1-2H3,(H,17,19). The molecule has 0 fully saturated rings. The van der Waals surface area contributed by atoms with Gasteiger partial charge in [0, 0.05) is 26.2 Å². The fourth-order valence-corrected chi connectivity index (χ4v) is 2.69. The van der Waals surface area contributed by atoms with E-state index in [9.17, 15) is 9.59 Å². The van der Waals surface area contributed by atoms with Crippen LogP contribution in [0.4, 0.5) is 0 Å². The zero-order valence-corrected chi connectivity index (χ0v) is 13.3. The third kappa shape index (κ3) is 4.06. The second kappa shape index (κ2) is 6.74. The molecule has 1 heterocycles. The zero-order chi connectivity index (χ0) is 15.4. The van der Waals surface area contributed by atoms with Crippen molar-refractivity contribution < 1.29 is 9.59 Å². The molecular formula is C15H15ClN2O2S. The number of carbonyl (C=O) groups excluding carboxylic acids is 2. The summed E-state index contributed by atoms with van der Waals surface area (Å²) in [6.45, 7) is 0.408. The second-order valence-electron chi connectivity index (χ2n) is 4.68. The smallest absolute Gasteiger partial charge is 0.261 e. The topological polar surface area (TPSA) is 49.4 Å². The molecule has 1 aromatic carbocycles. The van der Waals surface area contributed by atoms with Gasteiger partial charge in [0.1, 0.15) is 0 Å². The van der Waals surface area contributed by atoms with Gasteiger partial charge in [0.05, 0.1) is 9.21 Å². The van der Waals surface area contributed by atoms with Gasteiger partial charge in [0.25, 0.3) is 11.8 Å². The molecule has 0 saturated carbocycles. The predicted octanol–water partition coefficient (Wildman–Crippen LogP) is 3.03. The molecule has 21 heavy (non-hydrogen) atoms. The van der Waals surface area contributed by atoms with Gasteiger partial charge in [-0.15, -0.1) is 11.3 Å². The number of hydrogen-bond donors (Lipinski definition) is 1. The molecule has 0 aliphatic carbocycles. The molecule has 2 amide bonds. The van der Waals surface area contributed by atoms with Crippen molar-refractivity contribution in [1.82, 2.24) is 10.2 Å². The van der Waals surface area contributed by atoms with Crippen LogP contribution in [0.1, 0.15) is 25.6 Å². The summed E-state index contributed by atoms with van der Waals surface area (Å²) in [5.74, 6) is -0.195. The molecule has 2 aromatic rings. The third-order valence-electron chi connectivity index (χ3n) is 2.86. The molecule has 1 aromatic heterocycles. The Balaban J connectivity index is 1.95. The molecule has 6 heteroatoms. The summed E-state index contributed by atoms with van der Waals surface area (Å²) in [7, 11) is 3.42. The highest BCUT2D eigenvalue weighted by Gasteiger charge is 2.09. The van der Waals surface area contributed by atoms with E-state index in [4.69, 9.17) is 11.6 Å². The van der Waals surface area contributed by atoms with Crippen LogP contribution in [0.15, 0.2) is 36.4 Å². The third-order valence-corrected chi connectivity index (χ3v) is 4.09. The highest BCUT2D eigenvalue weighted by atomic mass is 35.5. The molecule has 0 bridgehead atoms. The lowest BCUT2D eigenvalue weighted by Crippen LogP contribution is -2.23. The number of halogens is 1. The molecular weight excluding hydrogens is 308 g/mol. The van der Waals surface area contributed by atoms with Crippen LogP contribution < -0.4 is 5.32 Å². The highest BCUT2D eigenvalue weighted by molar-refractivity contribution is 7.17. The molecule has 0 saturated heterocycles. The van der Waals surface area contributed by atoms with Crippen LogP contribution in [0.5, 0.6) is 0 Å². The number of benzene rings is 1. The average molecular weight is 323 g/mol. The van der Waals surface area contributed by atoms with Crippen molar-refractivity contribution in [2.75, 3.05) is 14.1 Å². The molecule has 2 rings (SSSR count). The molecule has 110 valence electrons. The number of nitrogens with one attached hydrogen (secondary N) is 1. The van der Waals surface area contributed by atoms with Gasteiger partial charge in [-0.2, -0.15) is 0 Å². The van der Waals surface area contributed by atoms with Gasteiger partial charge in [0.15, 0.2) is 0 Å². The fraction of sp³-hybridized carbons (Fsp3) is 0.200. The second-order valence-corrected chi connectivity index (χ2v) is 6.40. The average Bonchev–Trinajstić information content (AvgIpc) is 2.91. The lowest BCUT2D eigenvalue weighted by molar-refractivity contribution is 0.0827. The minimum atomic E-state index is -0.152. The lowest BCUT2D eigenvalue weighted by Gasteiger charge is -2.10. The molecule has 0 atom stereocenters. The van der Waals surface area contributed by atoms with E-state index in [1.807, 2.05) is 12.1 Å². The van der Waals surface area contributed by atoms with Crippen LogP contribution in [0.3, 0.4) is 0 Å². The Morgan fingerprint density at radius 1 is 1.14 bits per heavy atom. The van der Waals surface area contributed by atoms with Crippen molar-refractivity contribution >= 4 is 34.8 Å². The van der Waals surface area contributed by atoms with E-state index in [0.29, 0.717) is 21.3 Å². The first-order valence-electron chi connectivity index (χ1n) is 6.31. The van der Waals surface area contributed by atoms with Crippen molar-refractivity contribution in [3.05, 3.63) is 56.7 Å². The van der Waals surface area contributed by atoms with Crippen LogP contribution in [0, 0.1) is 0 Å². The summed E-state index contributed by atoms with van der Waals surface area (Å²) < 4.78 is 0.590. The first-order valence-corrected chi connectivity index (χ1v) is 7.51. The number of hydrogen-bond acceptors (Lipinski definition) is 3. The van der Waals surface area contributed by atoms with Crippen LogP contribution >= 0.6 is 22.9 Å². The lowest BCUT2D eigenvalue weighted by atomic mass is 10.1. The van der Waals surface area contributed by atoms with Gasteiger partial charge in [-0.05, 0) is 29.8 Å². The highest BCUT2D eigenvalue weighted by Crippen LogP contribution is 2.21. The maximum Gasteiger partial charge on any atom is 0.261 e. The van der Waals surface area contributed by atoms with E-state index < -0.39 is 0 Å². The first-order chi connectivity index (χ1) is 9.97. The van der Waals surface area contributed by atoms with E-state index in [0.717, 1.165) is 5.56 Å². The summed E-state index contributed by atoms with van der Waals surface area (Å²) in [5.41, 5.74) is 1.56. The molecule has 0 unspecified atom stereocenters. The summed E-state index contributed by atoms with van der Waals surface area (Å²) in [6.07, 6.45) is 0. The van der Waals surface area contributed by atoms with Gasteiger partial charge < -0.3 is 10.2 Å². The number of thiophene rings is 1. The fourth-order valence-electron chi connectivity index (χ4n) is 1.73. The van der Waals surface area contributed by atoms with E-state index in [-0.39, 0.29) is 11.8 Å². The monoisotopic (exact) mass is 322 g/mol. The molecule has 0 radical (unpaired) electrons. The Labute approximate surface area is 132 Å². The van der Waals surface area contributed by atoms with Crippen molar-refractivity contribution in [3.63, 3.8) is 0 Å². The Morgan fingerprint density at radius 2 is 1.81 bits per heavy atom. The van der Waals surface area contributed by atoms with Crippen LogP contribution in [-0.4, -0.2) is 30.8 Å². The number of carbonyl (C=O) groups is 2. The van der Waals surface area contributed by atoms with E-state index in [1.54, 1.807) is 38.4 Å². The maximum absolute atomic E-state index is 11.9. The van der Waals surface area contributed by atoms with Crippen LogP contribution in [-0.2, 0) is 6.54 Å². The largest absolute Gasteiger partial charge is 0.347 e. The normalized spacial score (nSPS) is 10.2. The summed E-state index contributed by atoms with van der Waals surface area (Å²) in [6, 6.07) is 10.6. The molecule has 0 spiro atoms. The zero-order valence-electron chi connectivity index (χ0n) is 11.7. The van der Waals surface area contributed by atoms with Crippen molar-refractivity contribution in [2.45, 2.75) is 6.54 Å². The van der Waals surface area contributed by atoms with Crippen LogP contribution in [0.25, 0.3) is 0 Å². The van der Waals surface area contributed by atoms with Crippen molar-refractivity contribution in [1.29, 1.82) is 0 Å². The number of rotatable bonds is 4. The van der Waals surface area contributed by atoms with Gasteiger partial charge >= 0.3 is 0 Å². The van der Waals surface area contributed by atoms with E-state index in [2.05, 4.69) is 5.32 Å². The van der Waals surface area contributed by atoms with Crippen molar-refractivity contribution in [2.24, 2.45) is 0 Å². The predicted molar refractivity (Wildman–Crippen MR) is 85.0 cm³/mol. The van der Waals surface area contributed by atoms with Crippen LogP contribution in [0.2, 0.25) is 4.34 Å². The summed E-state index contributed by atoms with van der Waals surface area (Å²) >= 11 is 7.04. The van der Waals surface area contributed by atoms with E-state index in [1.165, 1.54) is 16.2 Å². The maximum atomic E-state index is 11.9. The van der Waals surface area contributed by atoms with E-state index >= 15 is 0 Å². The Kier molecular flexibility index (Phi) is 4.98. The van der Waals surface area contributed by atoms with Gasteiger partial charge in [-0.25, -0.2) is 0 Å². The molecule has 4 nitrogen and oxygen atoms in total. The SMILES string of the molecule is CN(C)C(=O)c1ccc(CNC(=O)c2ccc(Cl)s2)cc1. The molecule has 0 aliphatic heterocycles. The Hall–Kier alpha value is -1.85. The first kappa shape index (κ1) is 15.5.